The smallest absolute Gasteiger partial charge is 0.229 e. The summed E-state index contributed by atoms with van der Waals surface area (Å²) in [5, 5.41) is 11.3. The molecule has 10 nitrogen and oxygen atoms in total. The summed E-state index contributed by atoms with van der Waals surface area (Å²) in [7, 11) is 3.24. The van der Waals surface area contributed by atoms with Gasteiger partial charge in [0, 0.05) is 37.0 Å². The summed E-state index contributed by atoms with van der Waals surface area (Å²) in [6, 6.07) is 11.2. The molecule has 0 radical (unpaired) electrons. The highest BCUT2D eigenvalue weighted by Gasteiger charge is 2.25. The average molecular weight is 534 g/mol. The first-order valence-electron chi connectivity index (χ1n) is 12.3. The monoisotopic (exact) mass is 533 g/mol. The number of nitrogens with zero attached hydrogens (tertiary/aromatic N) is 5. The van der Waals surface area contributed by atoms with Crippen molar-refractivity contribution in [3.63, 3.8) is 0 Å². The van der Waals surface area contributed by atoms with E-state index in [2.05, 4.69) is 25.7 Å². The molecule has 4 aromatic rings. The van der Waals surface area contributed by atoms with Crippen molar-refractivity contribution in [3.8, 4) is 17.2 Å². The van der Waals surface area contributed by atoms with E-state index in [1.165, 1.54) is 6.20 Å². The molecule has 0 aliphatic carbocycles. The summed E-state index contributed by atoms with van der Waals surface area (Å²) in [4.78, 5) is 23.4. The van der Waals surface area contributed by atoms with E-state index in [9.17, 15) is 4.79 Å². The summed E-state index contributed by atoms with van der Waals surface area (Å²) >= 11 is 6.48. The maximum atomic E-state index is 12.6. The number of methoxy groups -OCH3 is 2. The lowest BCUT2D eigenvalue weighted by Gasteiger charge is -2.24. The van der Waals surface area contributed by atoms with Crippen LogP contribution in [-0.2, 0) is 11.2 Å². The van der Waals surface area contributed by atoms with Crippen molar-refractivity contribution >= 4 is 46.3 Å². The van der Waals surface area contributed by atoms with Gasteiger partial charge in [0.15, 0.2) is 5.82 Å². The van der Waals surface area contributed by atoms with Gasteiger partial charge in [0.2, 0.25) is 11.9 Å². The van der Waals surface area contributed by atoms with Crippen LogP contribution < -0.4 is 25.0 Å². The molecule has 0 saturated carbocycles. The van der Waals surface area contributed by atoms with Gasteiger partial charge in [-0.25, -0.2) is 9.67 Å². The van der Waals surface area contributed by atoms with Crippen LogP contribution >= 0.6 is 11.6 Å². The minimum absolute atomic E-state index is 0.124. The van der Waals surface area contributed by atoms with Gasteiger partial charge in [0.1, 0.15) is 16.5 Å². The number of rotatable bonds is 8. The topological polar surface area (TPSA) is 106 Å². The van der Waals surface area contributed by atoms with E-state index >= 15 is 0 Å². The third-order valence-electron chi connectivity index (χ3n) is 6.37. The number of hydrogen-bond acceptors (Lipinski definition) is 8. The second kappa shape index (κ2) is 11.0. The summed E-state index contributed by atoms with van der Waals surface area (Å²) in [5.74, 6) is 2.23. The molecule has 38 heavy (non-hydrogen) atoms. The Morgan fingerprint density at radius 2 is 1.89 bits per heavy atom. The highest BCUT2D eigenvalue weighted by molar-refractivity contribution is 6.33. The fourth-order valence-corrected chi connectivity index (χ4v) is 4.72. The summed E-state index contributed by atoms with van der Waals surface area (Å²) in [5.41, 5.74) is 4.06. The third kappa shape index (κ3) is 4.95. The lowest BCUT2D eigenvalue weighted by molar-refractivity contribution is -0.118. The van der Waals surface area contributed by atoms with Crippen molar-refractivity contribution in [2.75, 3.05) is 36.3 Å². The van der Waals surface area contributed by atoms with E-state index in [0.717, 1.165) is 35.5 Å². The molecular weight excluding hydrogens is 506 g/mol. The van der Waals surface area contributed by atoms with Crippen LogP contribution in [0.5, 0.6) is 11.5 Å². The SMILES string of the molecule is CCN1C(=O)CCCc2c1ccc(Nc1ncc(Cl)c(Nc3ccc(OC)cc3-n3cccn3)n1)c2OC. The molecule has 2 aromatic carbocycles. The maximum Gasteiger partial charge on any atom is 0.229 e. The molecule has 0 bridgehead atoms. The van der Waals surface area contributed by atoms with Gasteiger partial charge in [-0.1, -0.05) is 11.6 Å². The Morgan fingerprint density at radius 1 is 1.05 bits per heavy atom. The lowest BCUT2D eigenvalue weighted by atomic mass is 10.0. The molecule has 2 N–H and O–H groups in total. The van der Waals surface area contributed by atoms with Crippen LogP contribution in [0.4, 0.5) is 28.8 Å². The Bertz CT molecular complexity index is 1460. The van der Waals surface area contributed by atoms with Crippen LogP contribution in [0.25, 0.3) is 5.69 Å². The number of aromatic nitrogens is 4. The van der Waals surface area contributed by atoms with Crippen molar-refractivity contribution < 1.29 is 14.3 Å². The Hall–Kier alpha value is -4.31. The van der Waals surface area contributed by atoms with Gasteiger partial charge in [-0.2, -0.15) is 10.1 Å². The number of halogens is 1. The number of nitrogens with one attached hydrogen (secondary N) is 2. The van der Waals surface area contributed by atoms with E-state index in [1.54, 1.807) is 25.1 Å². The number of carbonyl (C=O) groups is 1. The summed E-state index contributed by atoms with van der Waals surface area (Å²) in [6.45, 7) is 2.57. The minimum atomic E-state index is 0.124. The molecule has 0 fully saturated rings. The maximum absolute atomic E-state index is 12.6. The van der Waals surface area contributed by atoms with Crippen LogP contribution in [0.1, 0.15) is 25.3 Å². The molecule has 0 unspecified atom stereocenters. The average Bonchev–Trinajstić information content (AvgIpc) is 3.41. The Kier molecular flexibility index (Phi) is 7.32. The van der Waals surface area contributed by atoms with Crippen molar-refractivity contribution in [2.45, 2.75) is 26.2 Å². The summed E-state index contributed by atoms with van der Waals surface area (Å²) < 4.78 is 12.9. The van der Waals surface area contributed by atoms with E-state index in [4.69, 9.17) is 21.1 Å². The molecule has 196 valence electrons. The molecule has 0 spiro atoms. The lowest BCUT2D eigenvalue weighted by Crippen LogP contribution is -2.29. The molecule has 0 saturated heterocycles. The molecule has 11 heteroatoms. The zero-order valence-corrected chi connectivity index (χ0v) is 22.1. The van der Waals surface area contributed by atoms with E-state index in [1.807, 2.05) is 54.4 Å². The number of ether oxygens (including phenoxy) is 2. The molecule has 5 rings (SSSR count). The molecule has 0 atom stereocenters. The first-order chi connectivity index (χ1) is 18.5. The number of hydrogen-bond donors (Lipinski definition) is 2. The van der Waals surface area contributed by atoms with Crippen LogP contribution in [0, 0.1) is 0 Å². The van der Waals surface area contributed by atoms with Gasteiger partial charge in [-0.15, -0.1) is 0 Å². The quantitative estimate of drug-likeness (QED) is 0.305. The highest BCUT2D eigenvalue weighted by atomic mass is 35.5. The predicted molar refractivity (Wildman–Crippen MR) is 148 cm³/mol. The Balaban J connectivity index is 1.47. The van der Waals surface area contributed by atoms with Crippen molar-refractivity contribution in [2.24, 2.45) is 0 Å². The molecule has 1 aliphatic heterocycles. The number of carbonyl (C=O) groups excluding carboxylic acids is 1. The summed E-state index contributed by atoms with van der Waals surface area (Å²) in [6.07, 6.45) is 7.07. The molecule has 1 amide bonds. The van der Waals surface area contributed by atoms with E-state index < -0.39 is 0 Å². The van der Waals surface area contributed by atoms with Crippen molar-refractivity contribution in [1.82, 2.24) is 19.7 Å². The standard InChI is InChI=1S/C27H28ClN7O3/c1-4-34-22-12-11-21(25(38-3)18(22)7-5-8-24(34)36)32-27-29-16-19(28)26(33-27)31-20-10-9-17(37-2)15-23(20)35-14-6-13-30-35/h6,9-16H,4-5,7-8H2,1-3H3,(H2,29,31,32,33). The van der Waals surface area contributed by atoms with Gasteiger partial charge in [-0.3, -0.25) is 4.79 Å². The van der Waals surface area contributed by atoms with E-state index in [0.29, 0.717) is 46.9 Å². The third-order valence-corrected chi connectivity index (χ3v) is 6.64. The zero-order chi connectivity index (χ0) is 26.6. The van der Waals surface area contributed by atoms with Crippen LogP contribution in [-0.4, -0.2) is 46.4 Å². The number of fused-ring (bicyclic) bond motifs is 1. The second-order valence-electron chi connectivity index (χ2n) is 8.61. The van der Waals surface area contributed by atoms with Crippen LogP contribution in [0.15, 0.2) is 55.0 Å². The van der Waals surface area contributed by atoms with Crippen LogP contribution in [0.2, 0.25) is 5.02 Å². The Morgan fingerprint density at radius 3 is 2.63 bits per heavy atom. The highest BCUT2D eigenvalue weighted by Crippen LogP contribution is 2.40. The number of benzene rings is 2. The first-order valence-corrected chi connectivity index (χ1v) is 12.6. The van der Waals surface area contributed by atoms with Crippen molar-refractivity contribution in [3.05, 3.63) is 65.6 Å². The Labute approximate surface area is 225 Å². The van der Waals surface area contributed by atoms with E-state index in [-0.39, 0.29) is 5.91 Å². The zero-order valence-electron chi connectivity index (χ0n) is 21.4. The number of amides is 1. The second-order valence-corrected chi connectivity index (χ2v) is 9.02. The normalized spacial score (nSPS) is 13.1. The van der Waals surface area contributed by atoms with Gasteiger partial charge in [-0.05, 0) is 50.1 Å². The van der Waals surface area contributed by atoms with Gasteiger partial charge < -0.3 is 25.0 Å². The largest absolute Gasteiger partial charge is 0.497 e. The predicted octanol–water partition coefficient (Wildman–Crippen LogP) is 5.51. The van der Waals surface area contributed by atoms with Gasteiger partial charge in [0.25, 0.3) is 0 Å². The first kappa shape index (κ1) is 25.3. The molecular formula is C27H28ClN7O3. The fourth-order valence-electron chi connectivity index (χ4n) is 4.58. The van der Waals surface area contributed by atoms with Crippen LogP contribution in [0.3, 0.4) is 0 Å². The van der Waals surface area contributed by atoms with Gasteiger partial charge >= 0.3 is 0 Å². The van der Waals surface area contributed by atoms with Gasteiger partial charge in [0.05, 0.1) is 43.2 Å². The van der Waals surface area contributed by atoms with Crippen molar-refractivity contribution in [1.29, 1.82) is 0 Å². The molecule has 1 aliphatic rings. The molecule has 3 heterocycles. The fraction of sp³-hybridized carbons (Fsp3) is 0.259. The molecule has 2 aromatic heterocycles. The number of anilines is 5. The minimum Gasteiger partial charge on any atom is -0.497 e.